The van der Waals surface area contributed by atoms with E-state index in [0.29, 0.717) is 33.6 Å². The van der Waals surface area contributed by atoms with Crippen LogP contribution in [0.1, 0.15) is 6.42 Å². The van der Waals surface area contributed by atoms with Gasteiger partial charge in [-0.05, 0) is 30.3 Å². The van der Waals surface area contributed by atoms with Crippen LogP contribution in [0.3, 0.4) is 0 Å². The van der Waals surface area contributed by atoms with Gasteiger partial charge in [-0.25, -0.2) is 4.98 Å². The lowest BCUT2D eigenvalue weighted by Crippen LogP contribution is -2.32. The van der Waals surface area contributed by atoms with Crippen molar-refractivity contribution in [1.82, 2.24) is 15.2 Å². The first-order valence-electron chi connectivity index (χ1n) is 10.2. The number of fused-ring (bicyclic) bond motifs is 1. The molecule has 4 aromatic rings. The molecule has 0 saturated heterocycles. The number of para-hydroxylation sites is 1. The molecule has 5 rings (SSSR count). The van der Waals surface area contributed by atoms with E-state index in [2.05, 4.69) is 25.8 Å². The summed E-state index contributed by atoms with van der Waals surface area (Å²) in [5, 5.41) is 13.0. The number of nitrogens with one attached hydrogen (secondary N) is 3. The number of anilines is 2. The van der Waals surface area contributed by atoms with Crippen molar-refractivity contribution in [2.45, 2.75) is 16.6 Å². The molecule has 2 amide bonds. The maximum Gasteiger partial charge on any atom is 0.238 e. The number of benzene rings is 3. The summed E-state index contributed by atoms with van der Waals surface area (Å²) in [5.74, 6) is 0.623. The number of amides is 2. The van der Waals surface area contributed by atoms with Gasteiger partial charge >= 0.3 is 0 Å². The molecule has 1 unspecified atom stereocenters. The minimum atomic E-state index is -0.541. The van der Waals surface area contributed by atoms with Crippen LogP contribution in [0.5, 0.6) is 0 Å². The molecule has 0 fully saturated rings. The highest BCUT2D eigenvalue weighted by atomic mass is 35.5. The molecule has 1 atom stereocenters. The zero-order chi connectivity index (χ0) is 22.8. The molecule has 7 nitrogen and oxygen atoms in total. The predicted molar refractivity (Wildman–Crippen MR) is 130 cm³/mol. The van der Waals surface area contributed by atoms with E-state index < -0.39 is 5.25 Å². The molecule has 33 heavy (non-hydrogen) atoms. The quantitative estimate of drug-likeness (QED) is 0.367. The van der Waals surface area contributed by atoms with Crippen molar-refractivity contribution in [2.75, 3.05) is 10.6 Å². The Hall–Kier alpha value is -3.62. The van der Waals surface area contributed by atoms with Gasteiger partial charge in [0.15, 0.2) is 11.6 Å². The van der Waals surface area contributed by atoms with Crippen molar-refractivity contribution < 1.29 is 9.59 Å². The molecule has 2 heterocycles. The number of carbonyl (C=O) groups excluding carboxylic acids is 2. The standard InChI is InChI=1S/C24H18ClN5O2S/c25-15-10-11-19-18(12-15)27-24(32)20(33-19)13-21(31)26-17-9-5-4-8-16(17)23-28-22(29-30-23)14-6-2-1-3-7-14/h1-12,20H,13H2,(H,26,31)(H,27,32)(H,28,29,30). The van der Waals surface area contributed by atoms with Crippen LogP contribution in [-0.2, 0) is 9.59 Å². The summed E-state index contributed by atoms with van der Waals surface area (Å²) in [5.41, 5.74) is 2.86. The number of aromatic nitrogens is 3. The first-order valence-corrected chi connectivity index (χ1v) is 11.5. The van der Waals surface area contributed by atoms with E-state index in [1.165, 1.54) is 11.8 Å². The Balaban J connectivity index is 1.32. The molecule has 0 saturated carbocycles. The number of rotatable bonds is 5. The van der Waals surface area contributed by atoms with Crippen LogP contribution in [-0.4, -0.2) is 32.2 Å². The van der Waals surface area contributed by atoms with Gasteiger partial charge in [-0.3, -0.25) is 14.7 Å². The van der Waals surface area contributed by atoms with Crippen molar-refractivity contribution >= 4 is 46.6 Å². The lowest BCUT2D eigenvalue weighted by atomic mass is 10.1. The minimum Gasteiger partial charge on any atom is -0.325 e. The van der Waals surface area contributed by atoms with Crippen molar-refractivity contribution in [3.63, 3.8) is 0 Å². The van der Waals surface area contributed by atoms with Gasteiger partial charge in [-0.2, -0.15) is 5.10 Å². The molecule has 0 spiro atoms. The Labute approximate surface area is 199 Å². The zero-order valence-corrected chi connectivity index (χ0v) is 18.8. The highest BCUT2D eigenvalue weighted by Gasteiger charge is 2.29. The summed E-state index contributed by atoms with van der Waals surface area (Å²) in [4.78, 5) is 30.8. The largest absolute Gasteiger partial charge is 0.325 e. The monoisotopic (exact) mass is 475 g/mol. The highest BCUT2D eigenvalue weighted by molar-refractivity contribution is 8.01. The Morgan fingerprint density at radius 3 is 2.70 bits per heavy atom. The van der Waals surface area contributed by atoms with Gasteiger partial charge in [0.1, 0.15) is 0 Å². The second kappa shape index (κ2) is 9.09. The van der Waals surface area contributed by atoms with Gasteiger partial charge in [-0.15, -0.1) is 11.8 Å². The van der Waals surface area contributed by atoms with Crippen LogP contribution >= 0.6 is 23.4 Å². The summed E-state index contributed by atoms with van der Waals surface area (Å²) in [7, 11) is 0. The number of nitrogens with zero attached hydrogens (tertiary/aromatic N) is 2. The number of aromatic amines is 1. The molecule has 164 valence electrons. The molecular formula is C24H18ClN5O2S. The normalized spacial score (nSPS) is 14.9. The van der Waals surface area contributed by atoms with Crippen LogP contribution in [0.15, 0.2) is 77.7 Å². The Morgan fingerprint density at radius 1 is 1.06 bits per heavy atom. The number of thioether (sulfide) groups is 1. The number of hydrogen-bond acceptors (Lipinski definition) is 5. The summed E-state index contributed by atoms with van der Waals surface area (Å²) in [6.07, 6.45) is 0.0264. The van der Waals surface area contributed by atoms with Crippen molar-refractivity contribution in [1.29, 1.82) is 0 Å². The molecule has 9 heteroatoms. The highest BCUT2D eigenvalue weighted by Crippen LogP contribution is 2.38. The first-order chi connectivity index (χ1) is 16.1. The van der Waals surface area contributed by atoms with Gasteiger partial charge in [0.2, 0.25) is 11.8 Å². The minimum absolute atomic E-state index is 0.0264. The molecular weight excluding hydrogens is 458 g/mol. The summed E-state index contributed by atoms with van der Waals surface area (Å²) in [6.45, 7) is 0. The average Bonchev–Trinajstić information content (AvgIpc) is 3.31. The van der Waals surface area contributed by atoms with Gasteiger partial charge in [0.05, 0.1) is 16.6 Å². The average molecular weight is 476 g/mol. The van der Waals surface area contributed by atoms with Gasteiger partial charge < -0.3 is 10.6 Å². The van der Waals surface area contributed by atoms with E-state index in [1.807, 2.05) is 54.6 Å². The number of halogens is 1. The fourth-order valence-corrected chi connectivity index (χ4v) is 4.79. The van der Waals surface area contributed by atoms with Gasteiger partial charge in [0.25, 0.3) is 0 Å². The van der Waals surface area contributed by atoms with Crippen LogP contribution in [0, 0.1) is 0 Å². The van der Waals surface area contributed by atoms with E-state index in [9.17, 15) is 9.59 Å². The van der Waals surface area contributed by atoms with Crippen LogP contribution < -0.4 is 10.6 Å². The third-order valence-corrected chi connectivity index (χ3v) is 6.62. The molecule has 1 aliphatic rings. The topological polar surface area (TPSA) is 99.8 Å². The van der Waals surface area contributed by atoms with E-state index in [4.69, 9.17) is 11.6 Å². The van der Waals surface area contributed by atoms with E-state index >= 15 is 0 Å². The lowest BCUT2D eigenvalue weighted by Gasteiger charge is -2.24. The van der Waals surface area contributed by atoms with Gasteiger partial charge in [0, 0.05) is 27.5 Å². The molecule has 1 aromatic heterocycles. The first kappa shape index (κ1) is 21.2. The van der Waals surface area contributed by atoms with E-state index in [0.717, 1.165) is 10.5 Å². The Morgan fingerprint density at radius 2 is 1.85 bits per heavy atom. The van der Waals surface area contributed by atoms with Crippen LogP contribution in [0.4, 0.5) is 11.4 Å². The van der Waals surface area contributed by atoms with E-state index in [-0.39, 0.29) is 18.2 Å². The van der Waals surface area contributed by atoms with Crippen LogP contribution in [0.25, 0.3) is 22.8 Å². The smallest absolute Gasteiger partial charge is 0.238 e. The number of H-pyrrole nitrogens is 1. The van der Waals surface area contributed by atoms with Crippen molar-refractivity contribution in [2.24, 2.45) is 0 Å². The summed E-state index contributed by atoms with van der Waals surface area (Å²) in [6, 6.07) is 22.3. The van der Waals surface area contributed by atoms with Crippen LogP contribution in [0.2, 0.25) is 5.02 Å². The fourth-order valence-electron chi connectivity index (χ4n) is 3.52. The summed E-state index contributed by atoms with van der Waals surface area (Å²) < 4.78 is 0. The molecule has 1 aliphatic heterocycles. The maximum absolute atomic E-state index is 12.8. The van der Waals surface area contributed by atoms with Crippen molar-refractivity contribution in [3.8, 4) is 22.8 Å². The Bertz CT molecular complexity index is 1340. The number of carbonyl (C=O) groups is 2. The third-order valence-electron chi connectivity index (χ3n) is 5.11. The molecule has 3 N–H and O–H groups in total. The maximum atomic E-state index is 12.8. The van der Waals surface area contributed by atoms with Gasteiger partial charge in [-0.1, -0.05) is 54.1 Å². The lowest BCUT2D eigenvalue weighted by molar-refractivity contribution is -0.120. The molecule has 0 bridgehead atoms. The predicted octanol–water partition coefficient (Wildman–Crippen LogP) is 5.23. The molecule has 0 aliphatic carbocycles. The number of hydrogen-bond donors (Lipinski definition) is 3. The second-order valence-electron chi connectivity index (χ2n) is 7.41. The zero-order valence-electron chi connectivity index (χ0n) is 17.2. The molecule has 3 aromatic carbocycles. The fraction of sp³-hybridized carbons (Fsp3) is 0.0833. The van der Waals surface area contributed by atoms with Crippen molar-refractivity contribution in [3.05, 3.63) is 77.8 Å². The Kier molecular flexibility index (Phi) is 5.85. The molecule has 0 radical (unpaired) electrons. The summed E-state index contributed by atoms with van der Waals surface area (Å²) >= 11 is 7.35. The third kappa shape index (κ3) is 4.62. The SMILES string of the molecule is O=C(CC1Sc2ccc(Cl)cc2NC1=O)Nc1ccccc1-c1nc(-c2ccccc2)n[nH]1. The second-order valence-corrected chi connectivity index (χ2v) is 9.09. The van der Waals surface area contributed by atoms with E-state index in [1.54, 1.807) is 18.2 Å².